The molecule has 1 N–H and O–H groups in total. The minimum atomic E-state index is -4.00. The van der Waals surface area contributed by atoms with Gasteiger partial charge in [-0.05, 0) is 29.5 Å². The first kappa shape index (κ1) is 21.5. The van der Waals surface area contributed by atoms with Crippen molar-refractivity contribution in [3.8, 4) is 11.1 Å². The number of benzene rings is 2. The van der Waals surface area contributed by atoms with Gasteiger partial charge in [-0.1, -0.05) is 68.4 Å². The van der Waals surface area contributed by atoms with Gasteiger partial charge in [0, 0.05) is 18.5 Å². The minimum Gasteiger partial charge on any atom is -0.337 e. The Morgan fingerprint density at radius 3 is 2.48 bits per heavy atom. The molecule has 0 unspecified atom stereocenters. The van der Waals surface area contributed by atoms with Gasteiger partial charge >= 0.3 is 0 Å². The molecule has 156 valence electrons. The molecular formula is C22H27FN2O3S. The van der Waals surface area contributed by atoms with Crippen molar-refractivity contribution in [3.05, 3.63) is 60.2 Å². The van der Waals surface area contributed by atoms with Crippen LogP contribution in [-0.2, 0) is 21.2 Å². The lowest BCUT2D eigenvalue weighted by Gasteiger charge is -2.30. The van der Waals surface area contributed by atoms with Gasteiger partial charge in [-0.15, -0.1) is 0 Å². The summed E-state index contributed by atoms with van der Waals surface area (Å²) in [6.07, 6.45) is 0.972. The highest BCUT2D eigenvalue weighted by Gasteiger charge is 2.39. The van der Waals surface area contributed by atoms with Crippen LogP contribution in [0.2, 0.25) is 0 Å². The Labute approximate surface area is 172 Å². The van der Waals surface area contributed by atoms with E-state index in [2.05, 4.69) is 10.8 Å². The molecule has 2 atom stereocenters. The van der Waals surface area contributed by atoms with Gasteiger partial charge in [0.25, 0.3) is 0 Å². The van der Waals surface area contributed by atoms with E-state index in [1.54, 1.807) is 4.90 Å². The van der Waals surface area contributed by atoms with E-state index in [0.717, 1.165) is 16.7 Å². The zero-order chi connectivity index (χ0) is 21.0. The number of halogens is 1. The van der Waals surface area contributed by atoms with Gasteiger partial charge < -0.3 is 4.90 Å². The van der Waals surface area contributed by atoms with Crippen molar-refractivity contribution in [2.24, 2.45) is 5.92 Å². The molecule has 2 aromatic carbocycles. The molecule has 0 spiro atoms. The van der Waals surface area contributed by atoms with Gasteiger partial charge in [-0.3, -0.25) is 4.79 Å². The van der Waals surface area contributed by atoms with Crippen molar-refractivity contribution < 1.29 is 17.6 Å². The van der Waals surface area contributed by atoms with Gasteiger partial charge in [0.2, 0.25) is 21.9 Å². The molecule has 1 aliphatic rings. The molecule has 0 bridgehead atoms. The van der Waals surface area contributed by atoms with Crippen molar-refractivity contribution in [3.63, 3.8) is 0 Å². The highest BCUT2D eigenvalue weighted by Crippen LogP contribution is 2.27. The fourth-order valence-corrected chi connectivity index (χ4v) is 4.66. The lowest BCUT2D eigenvalue weighted by atomic mass is 9.96. The first-order chi connectivity index (χ1) is 13.8. The van der Waals surface area contributed by atoms with E-state index in [9.17, 15) is 17.6 Å². The summed E-state index contributed by atoms with van der Waals surface area (Å²) >= 11 is 0. The maximum absolute atomic E-state index is 12.9. The second-order valence-corrected chi connectivity index (χ2v) is 9.44. The standard InChI is InChI=1S/C22H27FN2O3S/c1-16(2)22(26)25-12-11-20(24-29(27,28)15-23)21(25)14-17-7-6-10-19(13-17)18-8-4-3-5-9-18/h3-10,13,16,20-21,24H,11-12,14-15H2,1-2H3/t20-,21-/m0/s1. The van der Waals surface area contributed by atoms with Crippen molar-refractivity contribution in [2.45, 2.75) is 38.8 Å². The number of nitrogens with zero attached hydrogens (tertiary/aromatic N) is 1. The summed E-state index contributed by atoms with van der Waals surface area (Å²) in [5.41, 5.74) is 3.15. The summed E-state index contributed by atoms with van der Waals surface area (Å²) in [4.78, 5) is 14.4. The number of amides is 1. The molecular weight excluding hydrogens is 391 g/mol. The average Bonchev–Trinajstić information content (AvgIpc) is 3.09. The quantitative estimate of drug-likeness (QED) is 0.750. The average molecular weight is 419 g/mol. The molecule has 2 aromatic rings. The van der Waals surface area contributed by atoms with Crippen LogP contribution in [-0.4, -0.2) is 43.9 Å². The summed E-state index contributed by atoms with van der Waals surface area (Å²) in [6.45, 7) is 4.11. The molecule has 1 saturated heterocycles. The molecule has 1 amide bonds. The third-order valence-electron chi connectivity index (χ3n) is 5.28. The maximum atomic E-state index is 12.9. The SMILES string of the molecule is CC(C)C(=O)N1CC[C@H](NS(=O)(=O)CF)[C@@H]1Cc1cccc(-c2ccccc2)c1. The molecule has 1 fully saturated rings. The van der Waals surface area contributed by atoms with Gasteiger partial charge in [0.15, 0.2) is 0 Å². The molecule has 29 heavy (non-hydrogen) atoms. The molecule has 0 saturated carbocycles. The molecule has 0 aromatic heterocycles. The monoisotopic (exact) mass is 418 g/mol. The number of likely N-dealkylation sites (tertiary alicyclic amines) is 1. The smallest absolute Gasteiger partial charge is 0.241 e. The predicted molar refractivity (Wildman–Crippen MR) is 112 cm³/mol. The topological polar surface area (TPSA) is 66.5 Å². The van der Waals surface area contributed by atoms with Gasteiger partial charge in [0.05, 0.1) is 6.04 Å². The minimum absolute atomic E-state index is 0.0174. The van der Waals surface area contributed by atoms with E-state index in [1.807, 2.05) is 62.4 Å². The van der Waals surface area contributed by atoms with Crippen LogP contribution in [0, 0.1) is 5.92 Å². The first-order valence-electron chi connectivity index (χ1n) is 9.81. The number of hydrogen-bond acceptors (Lipinski definition) is 3. The first-order valence-corrected chi connectivity index (χ1v) is 11.5. The molecule has 5 nitrogen and oxygen atoms in total. The molecule has 3 rings (SSSR count). The predicted octanol–water partition coefficient (Wildman–Crippen LogP) is 3.37. The third-order valence-corrected chi connectivity index (χ3v) is 6.23. The van der Waals surface area contributed by atoms with Crippen LogP contribution in [0.4, 0.5) is 4.39 Å². The summed E-state index contributed by atoms with van der Waals surface area (Å²) < 4.78 is 38.9. The van der Waals surface area contributed by atoms with E-state index in [1.165, 1.54) is 0 Å². The number of nitrogens with one attached hydrogen (secondary N) is 1. The van der Waals surface area contributed by atoms with E-state index in [-0.39, 0.29) is 17.9 Å². The van der Waals surface area contributed by atoms with Crippen LogP contribution in [0.15, 0.2) is 54.6 Å². The van der Waals surface area contributed by atoms with Crippen LogP contribution in [0.25, 0.3) is 11.1 Å². The van der Waals surface area contributed by atoms with E-state index < -0.39 is 22.1 Å². The molecule has 1 heterocycles. The van der Waals surface area contributed by atoms with Crippen LogP contribution < -0.4 is 4.72 Å². The Hall–Kier alpha value is -2.25. The van der Waals surface area contributed by atoms with Crippen molar-refractivity contribution in [1.82, 2.24) is 9.62 Å². The number of carbonyl (C=O) groups is 1. The maximum Gasteiger partial charge on any atom is 0.241 e. The molecule has 7 heteroatoms. The van der Waals surface area contributed by atoms with Gasteiger partial charge in [0.1, 0.15) is 0 Å². The lowest BCUT2D eigenvalue weighted by molar-refractivity contribution is -0.135. The lowest BCUT2D eigenvalue weighted by Crippen LogP contribution is -2.49. The van der Waals surface area contributed by atoms with Crippen molar-refractivity contribution >= 4 is 15.9 Å². The third kappa shape index (κ3) is 5.22. The van der Waals surface area contributed by atoms with Crippen LogP contribution in [0.5, 0.6) is 0 Å². The molecule has 0 aliphatic carbocycles. The van der Waals surface area contributed by atoms with Gasteiger partial charge in [-0.2, -0.15) is 0 Å². The normalized spacial score (nSPS) is 19.7. The van der Waals surface area contributed by atoms with Crippen LogP contribution in [0.1, 0.15) is 25.8 Å². The van der Waals surface area contributed by atoms with E-state index >= 15 is 0 Å². The fourth-order valence-electron chi connectivity index (χ4n) is 3.86. The highest BCUT2D eigenvalue weighted by atomic mass is 32.2. The van der Waals surface area contributed by atoms with Crippen molar-refractivity contribution in [2.75, 3.05) is 12.6 Å². The largest absolute Gasteiger partial charge is 0.337 e. The highest BCUT2D eigenvalue weighted by molar-refractivity contribution is 7.89. The molecule has 0 radical (unpaired) electrons. The molecule has 1 aliphatic heterocycles. The summed E-state index contributed by atoms with van der Waals surface area (Å²) in [6, 6.07) is 15.7. The Balaban J connectivity index is 1.88. The summed E-state index contributed by atoms with van der Waals surface area (Å²) in [5, 5.41) is 0. The fraction of sp³-hybridized carbons (Fsp3) is 0.409. The Morgan fingerprint density at radius 1 is 1.14 bits per heavy atom. The summed E-state index contributed by atoms with van der Waals surface area (Å²) in [7, 11) is -4.00. The number of carbonyl (C=O) groups excluding carboxylic acids is 1. The number of hydrogen-bond donors (Lipinski definition) is 1. The van der Waals surface area contributed by atoms with Crippen LogP contribution >= 0.6 is 0 Å². The Kier molecular flexibility index (Phi) is 6.70. The summed E-state index contributed by atoms with van der Waals surface area (Å²) in [5.74, 6) is -0.208. The number of rotatable bonds is 7. The number of alkyl halides is 1. The second kappa shape index (κ2) is 9.05. The van der Waals surface area contributed by atoms with Gasteiger partial charge in [-0.25, -0.2) is 17.5 Å². The number of sulfonamides is 1. The van der Waals surface area contributed by atoms with E-state index in [0.29, 0.717) is 19.4 Å². The van der Waals surface area contributed by atoms with E-state index in [4.69, 9.17) is 0 Å². The second-order valence-electron chi connectivity index (χ2n) is 7.76. The Morgan fingerprint density at radius 2 is 1.83 bits per heavy atom. The Bertz CT molecular complexity index is 948. The van der Waals surface area contributed by atoms with Crippen LogP contribution in [0.3, 0.4) is 0 Å². The zero-order valence-corrected chi connectivity index (χ0v) is 17.5. The zero-order valence-electron chi connectivity index (χ0n) is 16.7. The van der Waals surface area contributed by atoms with Crippen molar-refractivity contribution in [1.29, 1.82) is 0 Å².